The first-order valence-corrected chi connectivity index (χ1v) is 12.0. The van der Waals surface area contributed by atoms with Crippen molar-refractivity contribution in [3.8, 4) is 11.5 Å². The van der Waals surface area contributed by atoms with Crippen molar-refractivity contribution in [3.05, 3.63) is 59.2 Å². The van der Waals surface area contributed by atoms with E-state index >= 15 is 0 Å². The monoisotopic (exact) mass is 433 g/mol. The Balaban J connectivity index is 1.66. The number of benzene rings is 2. The van der Waals surface area contributed by atoms with Crippen LogP contribution in [0.25, 0.3) is 0 Å². The number of nitrogens with zero attached hydrogens (tertiary/aromatic N) is 1. The van der Waals surface area contributed by atoms with Gasteiger partial charge in [-0.05, 0) is 49.6 Å². The van der Waals surface area contributed by atoms with Gasteiger partial charge in [0.25, 0.3) is 0 Å². The number of rotatable bonds is 9. The molecule has 1 saturated heterocycles. The third kappa shape index (κ3) is 6.20. The van der Waals surface area contributed by atoms with E-state index in [1.54, 1.807) is 7.11 Å². The summed E-state index contributed by atoms with van der Waals surface area (Å²) < 4.78 is 35.1. The molecular formula is C23H31NO5S. The molecule has 2 aromatic carbocycles. The fourth-order valence-electron chi connectivity index (χ4n) is 3.84. The predicted octanol–water partition coefficient (Wildman–Crippen LogP) is 2.74. The van der Waals surface area contributed by atoms with Gasteiger partial charge in [0.15, 0.2) is 9.84 Å². The quantitative estimate of drug-likeness (QED) is 0.655. The van der Waals surface area contributed by atoms with Crippen LogP contribution in [0.15, 0.2) is 42.5 Å². The highest BCUT2D eigenvalue weighted by molar-refractivity contribution is 7.91. The van der Waals surface area contributed by atoms with Crippen molar-refractivity contribution < 1.29 is 23.0 Å². The standard InChI is InChI=1S/C23H31NO5S/c1-17-4-9-23(18(2)12-17)29-15-21(25)14-24(20-10-11-30(26,27)16-20)13-19-5-7-22(28-3)8-6-19/h4-9,12,20-21,25H,10-11,13-16H2,1-3H3. The van der Waals surface area contributed by atoms with Gasteiger partial charge in [-0.1, -0.05) is 29.8 Å². The fourth-order valence-corrected chi connectivity index (χ4v) is 5.60. The smallest absolute Gasteiger partial charge is 0.151 e. The molecule has 1 fully saturated rings. The molecule has 7 heteroatoms. The molecule has 0 aromatic heterocycles. The first-order chi connectivity index (χ1) is 14.3. The lowest BCUT2D eigenvalue weighted by molar-refractivity contribution is 0.0523. The number of hydrogen-bond acceptors (Lipinski definition) is 6. The number of hydrogen-bond donors (Lipinski definition) is 1. The summed E-state index contributed by atoms with van der Waals surface area (Å²) in [5, 5.41) is 10.6. The molecule has 1 N–H and O–H groups in total. The third-order valence-corrected chi connectivity index (χ3v) is 7.23. The molecule has 6 nitrogen and oxygen atoms in total. The maximum absolute atomic E-state index is 12.0. The van der Waals surface area contributed by atoms with E-state index in [0.29, 0.717) is 19.5 Å². The van der Waals surface area contributed by atoms with E-state index in [-0.39, 0.29) is 24.2 Å². The number of ether oxygens (including phenoxy) is 2. The van der Waals surface area contributed by atoms with Crippen LogP contribution < -0.4 is 9.47 Å². The van der Waals surface area contributed by atoms with Crippen molar-refractivity contribution >= 4 is 9.84 Å². The summed E-state index contributed by atoms with van der Waals surface area (Å²) in [5.74, 6) is 1.86. The van der Waals surface area contributed by atoms with Crippen molar-refractivity contribution in [1.29, 1.82) is 0 Å². The topological polar surface area (TPSA) is 76.1 Å². The summed E-state index contributed by atoms with van der Waals surface area (Å²) in [6.45, 7) is 5.07. The molecule has 0 aliphatic carbocycles. The van der Waals surface area contributed by atoms with Crippen LogP contribution in [0.3, 0.4) is 0 Å². The molecule has 0 radical (unpaired) electrons. The minimum Gasteiger partial charge on any atom is -0.497 e. The largest absolute Gasteiger partial charge is 0.497 e. The molecule has 0 spiro atoms. The minimum atomic E-state index is -3.02. The van der Waals surface area contributed by atoms with Crippen molar-refractivity contribution in [3.63, 3.8) is 0 Å². The molecule has 0 bridgehead atoms. The Bertz CT molecular complexity index is 943. The second-order valence-corrected chi connectivity index (χ2v) is 10.3. The third-order valence-electron chi connectivity index (χ3n) is 5.48. The molecule has 3 rings (SSSR count). The van der Waals surface area contributed by atoms with Crippen LogP contribution in [0.4, 0.5) is 0 Å². The molecule has 164 valence electrons. The van der Waals surface area contributed by atoms with Crippen LogP contribution in [0.2, 0.25) is 0 Å². The van der Waals surface area contributed by atoms with Crippen molar-refractivity contribution in [2.45, 2.75) is 39.0 Å². The molecular weight excluding hydrogens is 402 g/mol. The number of aryl methyl sites for hydroxylation is 2. The fraction of sp³-hybridized carbons (Fsp3) is 0.478. The number of aliphatic hydroxyl groups excluding tert-OH is 1. The van der Waals surface area contributed by atoms with E-state index in [2.05, 4.69) is 4.90 Å². The summed E-state index contributed by atoms with van der Waals surface area (Å²) in [5.41, 5.74) is 3.23. The number of methoxy groups -OCH3 is 1. The Hall–Kier alpha value is -2.09. The van der Waals surface area contributed by atoms with Gasteiger partial charge >= 0.3 is 0 Å². The van der Waals surface area contributed by atoms with Crippen molar-refractivity contribution in [1.82, 2.24) is 4.90 Å². The van der Waals surface area contributed by atoms with Crippen LogP contribution in [0.5, 0.6) is 11.5 Å². The second kappa shape index (κ2) is 9.81. The maximum Gasteiger partial charge on any atom is 0.151 e. The second-order valence-electron chi connectivity index (χ2n) is 8.07. The first-order valence-electron chi connectivity index (χ1n) is 10.2. The van der Waals surface area contributed by atoms with Gasteiger partial charge in [-0.25, -0.2) is 8.42 Å². The first kappa shape index (κ1) is 22.6. The van der Waals surface area contributed by atoms with E-state index in [1.807, 2.05) is 56.3 Å². The van der Waals surface area contributed by atoms with Gasteiger partial charge in [-0.2, -0.15) is 0 Å². The van der Waals surface area contributed by atoms with Gasteiger partial charge in [0.05, 0.1) is 18.6 Å². The number of sulfone groups is 1. The van der Waals surface area contributed by atoms with Crippen molar-refractivity contribution in [2.24, 2.45) is 0 Å². The zero-order valence-electron chi connectivity index (χ0n) is 17.9. The molecule has 2 unspecified atom stereocenters. The normalized spacial score (nSPS) is 19.0. The average Bonchev–Trinajstić information content (AvgIpc) is 3.07. The summed E-state index contributed by atoms with van der Waals surface area (Å²) in [7, 11) is -1.40. The Morgan fingerprint density at radius 1 is 1.17 bits per heavy atom. The van der Waals surface area contributed by atoms with Gasteiger partial charge in [-0.3, -0.25) is 4.90 Å². The predicted molar refractivity (Wildman–Crippen MR) is 118 cm³/mol. The van der Waals surface area contributed by atoms with Crippen LogP contribution in [-0.2, 0) is 16.4 Å². The van der Waals surface area contributed by atoms with Gasteiger partial charge in [-0.15, -0.1) is 0 Å². The molecule has 2 aromatic rings. The maximum atomic E-state index is 12.0. The Labute approximate surface area is 179 Å². The van der Waals surface area contributed by atoms with E-state index in [1.165, 1.54) is 0 Å². The lowest BCUT2D eigenvalue weighted by atomic mass is 10.1. The average molecular weight is 434 g/mol. The molecule has 0 saturated carbocycles. The van der Waals surface area contributed by atoms with Crippen LogP contribution in [0, 0.1) is 13.8 Å². The van der Waals surface area contributed by atoms with E-state index in [9.17, 15) is 13.5 Å². The highest BCUT2D eigenvalue weighted by Gasteiger charge is 2.33. The summed E-state index contributed by atoms with van der Waals surface area (Å²) in [6, 6.07) is 13.5. The van der Waals surface area contributed by atoms with Crippen molar-refractivity contribution in [2.75, 3.05) is 31.8 Å². The lowest BCUT2D eigenvalue weighted by Crippen LogP contribution is -2.42. The molecule has 1 aliphatic heterocycles. The molecule has 0 amide bonds. The zero-order valence-corrected chi connectivity index (χ0v) is 18.7. The zero-order chi connectivity index (χ0) is 21.7. The lowest BCUT2D eigenvalue weighted by Gasteiger charge is -2.30. The Morgan fingerprint density at radius 3 is 2.50 bits per heavy atom. The highest BCUT2D eigenvalue weighted by atomic mass is 32.2. The Kier molecular flexibility index (Phi) is 7.39. The minimum absolute atomic E-state index is 0.104. The Morgan fingerprint density at radius 2 is 1.90 bits per heavy atom. The van der Waals surface area contributed by atoms with Crippen LogP contribution in [-0.4, -0.2) is 62.3 Å². The molecule has 2 atom stereocenters. The van der Waals surface area contributed by atoms with Gasteiger partial charge in [0.1, 0.15) is 24.2 Å². The van der Waals surface area contributed by atoms with Gasteiger partial charge in [0, 0.05) is 19.1 Å². The van der Waals surface area contributed by atoms with Gasteiger partial charge < -0.3 is 14.6 Å². The summed E-state index contributed by atoms with van der Waals surface area (Å²) in [4.78, 5) is 2.06. The van der Waals surface area contributed by atoms with E-state index < -0.39 is 15.9 Å². The van der Waals surface area contributed by atoms with E-state index in [4.69, 9.17) is 9.47 Å². The summed E-state index contributed by atoms with van der Waals surface area (Å²) >= 11 is 0. The van der Waals surface area contributed by atoms with Gasteiger partial charge in [0.2, 0.25) is 0 Å². The number of aliphatic hydroxyl groups is 1. The summed E-state index contributed by atoms with van der Waals surface area (Å²) in [6.07, 6.45) is -0.143. The van der Waals surface area contributed by atoms with E-state index in [0.717, 1.165) is 28.2 Å². The van der Waals surface area contributed by atoms with Crippen LogP contribution >= 0.6 is 0 Å². The highest BCUT2D eigenvalue weighted by Crippen LogP contribution is 2.22. The molecule has 30 heavy (non-hydrogen) atoms. The molecule has 1 heterocycles. The SMILES string of the molecule is COc1ccc(CN(CC(O)COc2ccc(C)cc2C)C2CCS(=O)(=O)C2)cc1. The molecule has 1 aliphatic rings. The van der Waals surface area contributed by atoms with Crippen LogP contribution in [0.1, 0.15) is 23.1 Å².